The first kappa shape index (κ1) is 17.6. The van der Waals surface area contributed by atoms with E-state index in [9.17, 15) is 0 Å². The molecule has 0 N–H and O–H groups in total. The molecule has 4 heteroatoms. The molecular formula is C17H29NO3. The molecule has 1 heterocycles. The largest absolute Gasteiger partial charge is 0.493 e. The number of aromatic nitrogens is 1. The molecule has 0 atom stereocenters. The van der Waals surface area contributed by atoms with Crippen LogP contribution in [0.4, 0.5) is 0 Å². The molecular weight excluding hydrogens is 266 g/mol. The average Bonchev–Trinajstić information content (AvgIpc) is 2.48. The lowest BCUT2D eigenvalue weighted by Gasteiger charge is -2.12. The Bertz CT molecular complexity index is 313. The summed E-state index contributed by atoms with van der Waals surface area (Å²) in [4.78, 5) is 4.38. The lowest BCUT2D eigenvalue weighted by Crippen LogP contribution is -2.04. The third-order valence-corrected chi connectivity index (χ3v) is 3.01. The summed E-state index contributed by atoms with van der Waals surface area (Å²) in [6.07, 6.45) is 6.41. The van der Waals surface area contributed by atoms with E-state index in [0.717, 1.165) is 44.3 Å². The van der Waals surface area contributed by atoms with Crippen molar-refractivity contribution >= 4 is 0 Å². The summed E-state index contributed by atoms with van der Waals surface area (Å²) in [6.45, 7) is 8.49. The summed E-state index contributed by atoms with van der Waals surface area (Å²) < 4.78 is 17.1. The van der Waals surface area contributed by atoms with Crippen LogP contribution in [0.25, 0.3) is 0 Å². The molecule has 0 aromatic carbocycles. The fourth-order valence-electron chi connectivity index (χ4n) is 1.67. The van der Waals surface area contributed by atoms with E-state index in [1.54, 1.807) is 0 Å². The van der Waals surface area contributed by atoms with Crippen LogP contribution in [-0.2, 0) is 0 Å². The highest BCUT2D eigenvalue weighted by molar-refractivity contribution is 5.33. The van der Waals surface area contributed by atoms with E-state index in [1.807, 2.05) is 12.1 Å². The molecule has 0 aliphatic carbocycles. The zero-order valence-corrected chi connectivity index (χ0v) is 13.7. The van der Waals surface area contributed by atoms with Crippen LogP contribution < -0.4 is 14.2 Å². The fraction of sp³-hybridized carbons (Fsp3) is 0.706. The van der Waals surface area contributed by atoms with Crippen LogP contribution in [0.1, 0.15) is 59.3 Å². The maximum absolute atomic E-state index is 5.74. The zero-order valence-electron chi connectivity index (χ0n) is 13.7. The van der Waals surface area contributed by atoms with Gasteiger partial charge in [-0.25, -0.2) is 0 Å². The van der Waals surface area contributed by atoms with E-state index >= 15 is 0 Å². The molecule has 0 amide bonds. The van der Waals surface area contributed by atoms with E-state index in [-0.39, 0.29) is 0 Å². The third kappa shape index (κ3) is 7.78. The Labute approximate surface area is 128 Å². The second kappa shape index (κ2) is 11.2. The first-order chi connectivity index (χ1) is 10.3. The summed E-state index contributed by atoms with van der Waals surface area (Å²) in [6, 6.07) is 3.69. The minimum Gasteiger partial charge on any atom is -0.493 e. The van der Waals surface area contributed by atoms with Crippen molar-refractivity contribution in [2.24, 2.45) is 0 Å². The molecule has 120 valence electrons. The van der Waals surface area contributed by atoms with Gasteiger partial charge in [-0.2, -0.15) is 4.98 Å². The maximum atomic E-state index is 5.74. The van der Waals surface area contributed by atoms with Crippen molar-refractivity contribution in [2.75, 3.05) is 19.8 Å². The Morgan fingerprint density at radius 3 is 1.57 bits per heavy atom. The second-order valence-corrected chi connectivity index (χ2v) is 5.09. The molecule has 0 fully saturated rings. The van der Waals surface area contributed by atoms with Gasteiger partial charge in [0.1, 0.15) is 5.75 Å². The van der Waals surface area contributed by atoms with Crippen molar-refractivity contribution in [3.05, 3.63) is 12.1 Å². The van der Waals surface area contributed by atoms with Gasteiger partial charge in [-0.15, -0.1) is 0 Å². The smallest absolute Gasteiger partial charge is 0.220 e. The summed E-state index contributed by atoms with van der Waals surface area (Å²) in [7, 11) is 0. The van der Waals surface area contributed by atoms with E-state index in [2.05, 4.69) is 25.8 Å². The van der Waals surface area contributed by atoms with Crippen LogP contribution in [0.3, 0.4) is 0 Å². The average molecular weight is 295 g/mol. The molecule has 0 unspecified atom stereocenters. The summed E-state index contributed by atoms with van der Waals surface area (Å²) in [5, 5.41) is 0. The van der Waals surface area contributed by atoms with Gasteiger partial charge in [0.25, 0.3) is 0 Å². The highest BCUT2D eigenvalue weighted by Crippen LogP contribution is 2.24. The van der Waals surface area contributed by atoms with Crippen LogP contribution in [0.15, 0.2) is 12.1 Å². The zero-order chi connectivity index (χ0) is 15.3. The van der Waals surface area contributed by atoms with Gasteiger partial charge in [-0.1, -0.05) is 40.0 Å². The van der Waals surface area contributed by atoms with Gasteiger partial charge in [-0.3, -0.25) is 0 Å². The number of hydrogen-bond donors (Lipinski definition) is 0. The number of unbranched alkanes of at least 4 members (excludes halogenated alkanes) is 3. The molecule has 0 saturated heterocycles. The summed E-state index contributed by atoms with van der Waals surface area (Å²) in [5.41, 5.74) is 0. The second-order valence-electron chi connectivity index (χ2n) is 5.09. The summed E-state index contributed by atoms with van der Waals surface area (Å²) >= 11 is 0. The predicted molar refractivity (Wildman–Crippen MR) is 85.4 cm³/mol. The molecule has 0 aliphatic heterocycles. The van der Waals surface area contributed by atoms with Gasteiger partial charge >= 0.3 is 0 Å². The standard InChI is InChI=1S/C17H29NO3/c1-4-7-10-19-15-13-16(20-11-8-5-2)18-17(14-15)21-12-9-6-3/h13-14H,4-12H2,1-3H3. The van der Waals surface area contributed by atoms with Crippen LogP contribution >= 0.6 is 0 Å². The highest BCUT2D eigenvalue weighted by Gasteiger charge is 2.06. The molecule has 4 nitrogen and oxygen atoms in total. The van der Waals surface area contributed by atoms with Gasteiger partial charge in [0.15, 0.2) is 0 Å². The molecule has 0 spiro atoms. The quantitative estimate of drug-likeness (QED) is 0.528. The van der Waals surface area contributed by atoms with Crippen LogP contribution in [0.2, 0.25) is 0 Å². The van der Waals surface area contributed by atoms with E-state index in [4.69, 9.17) is 14.2 Å². The molecule has 0 radical (unpaired) electrons. The topological polar surface area (TPSA) is 40.6 Å². The van der Waals surface area contributed by atoms with E-state index in [1.165, 1.54) is 0 Å². The predicted octanol–water partition coefficient (Wildman–Crippen LogP) is 4.62. The van der Waals surface area contributed by atoms with Gasteiger partial charge in [0, 0.05) is 12.1 Å². The van der Waals surface area contributed by atoms with Crippen LogP contribution in [0.5, 0.6) is 17.5 Å². The molecule has 21 heavy (non-hydrogen) atoms. The maximum Gasteiger partial charge on any atom is 0.220 e. The molecule has 0 aliphatic rings. The van der Waals surface area contributed by atoms with Crippen molar-refractivity contribution in [1.29, 1.82) is 0 Å². The van der Waals surface area contributed by atoms with Crippen molar-refractivity contribution in [2.45, 2.75) is 59.3 Å². The number of rotatable bonds is 12. The molecule has 1 rings (SSSR count). The lowest BCUT2D eigenvalue weighted by molar-refractivity contribution is 0.262. The Balaban J connectivity index is 2.65. The Morgan fingerprint density at radius 2 is 1.14 bits per heavy atom. The Morgan fingerprint density at radius 1 is 0.714 bits per heavy atom. The third-order valence-electron chi connectivity index (χ3n) is 3.01. The molecule has 1 aromatic rings. The monoisotopic (exact) mass is 295 g/mol. The number of ether oxygens (including phenoxy) is 3. The van der Waals surface area contributed by atoms with Crippen LogP contribution in [0, 0.1) is 0 Å². The molecule has 1 aromatic heterocycles. The van der Waals surface area contributed by atoms with Crippen molar-refractivity contribution in [3.8, 4) is 17.5 Å². The van der Waals surface area contributed by atoms with Gasteiger partial charge in [0.05, 0.1) is 19.8 Å². The fourth-order valence-corrected chi connectivity index (χ4v) is 1.67. The minimum atomic E-state index is 0.587. The molecule has 0 saturated carbocycles. The van der Waals surface area contributed by atoms with E-state index in [0.29, 0.717) is 31.6 Å². The van der Waals surface area contributed by atoms with Gasteiger partial charge < -0.3 is 14.2 Å². The van der Waals surface area contributed by atoms with E-state index < -0.39 is 0 Å². The van der Waals surface area contributed by atoms with Crippen LogP contribution in [-0.4, -0.2) is 24.8 Å². The Hall–Kier alpha value is -1.45. The Kier molecular flexibility index (Phi) is 9.42. The number of pyridine rings is 1. The lowest BCUT2D eigenvalue weighted by atomic mass is 10.3. The first-order valence-electron chi connectivity index (χ1n) is 8.20. The highest BCUT2D eigenvalue weighted by atomic mass is 16.5. The van der Waals surface area contributed by atoms with Gasteiger partial charge in [0.2, 0.25) is 11.8 Å². The normalized spacial score (nSPS) is 10.4. The van der Waals surface area contributed by atoms with Gasteiger partial charge in [-0.05, 0) is 19.3 Å². The first-order valence-corrected chi connectivity index (χ1v) is 8.20. The SMILES string of the molecule is CCCCOc1cc(OCCCC)nc(OCCCC)c1. The number of hydrogen-bond acceptors (Lipinski definition) is 4. The van der Waals surface area contributed by atoms with Crippen molar-refractivity contribution in [1.82, 2.24) is 4.98 Å². The number of nitrogens with zero attached hydrogens (tertiary/aromatic N) is 1. The van der Waals surface area contributed by atoms with Crippen molar-refractivity contribution < 1.29 is 14.2 Å². The van der Waals surface area contributed by atoms with Crippen molar-refractivity contribution in [3.63, 3.8) is 0 Å². The molecule has 0 bridgehead atoms. The minimum absolute atomic E-state index is 0.587. The summed E-state index contributed by atoms with van der Waals surface area (Å²) in [5.74, 6) is 1.95.